The van der Waals surface area contributed by atoms with Gasteiger partial charge in [0.1, 0.15) is 11.5 Å². The molecule has 17 heavy (non-hydrogen) atoms. The first-order valence-corrected chi connectivity index (χ1v) is 6.12. The Labute approximate surface area is 103 Å². The predicted octanol–water partition coefficient (Wildman–Crippen LogP) is 3.35. The zero-order valence-corrected chi connectivity index (χ0v) is 11.0. The number of carbonyl (C=O) groups is 1. The van der Waals surface area contributed by atoms with E-state index in [9.17, 15) is 9.90 Å². The van der Waals surface area contributed by atoms with Crippen LogP contribution in [0.1, 0.15) is 44.7 Å². The highest BCUT2D eigenvalue weighted by molar-refractivity contribution is 5.88. The van der Waals surface area contributed by atoms with E-state index >= 15 is 0 Å². The molecular formula is C15H20O2. The maximum Gasteiger partial charge on any atom is 0.139 e. The zero-order valence-electron chi connectivity index (χ0n) is 11.0. The Balaban J connectivity index is 2.52. The largest absolute Gasteiger partial charge is 0.508 e. The van der Waals surface area contributed by atoms with E-state index in [1.165, 1.54) is 0 Å². The fourth-order valence-corrected chi connectivity index (χ4v) is 2.75. The highest BCUT2D eigenvalue weighted by Crippen LogP contribution is 2.52. The molecule has 0 heterocycles. The van der Waals surface area contributed by atoms with Crippen LogP contribution >= 0.6 is 0 Å². The molecule has 1 aliphatic rings. The maximum absolute atomic E-state index is 12.0. The number of phenolic OH excluding ortho intramolecular Hbond substituents is 1. The summed E-state index contributed by atoms with van der Waals surface area (Å²) in [7, 11) is 0. The van der Waals surface area contributed by atoms with Crippen LogP contribution in [0.25, 0.3) is 0 Å². The molecule has 0 amide bonds. The van der Waals surface area contributed by atoms with Crippen LogP contribution in [0.4, 0.5) is 0 Å². The number of aryl methyl sites for hydroxylation is 1. The number of hydrogen-bond acceptors (Lipinski definition) is 2. The van der Waals surface area contributed by atoms with Gasteiger partial charge in [0.25, 0.3) is 0 Å². The van der Waals surface area contributed by atoms with Gasteiger partial charge in [-0.2, -0.15) is 0 Å². The molecule has 2 nitrogen and oxygen atoms in total. The topological polar surface area (TPSA) is 37.3 Å². The number of hydrogen-bond donors (Lipinski definition) is 1. The lowest BCUT2D eigenvalue weighted by molar-refractivity contribution is -0.125. The number of aromatic hydroxyl groups is 1. The summed E-state index contributed by atoms with van der Waals surface area (Å²) in [6.07, 6.45) is 1.50. The number of carbonyl (C=O) groups excluding carboxylic acids is 1. The van der Waals surface area contributed by atoms with Gasteiger partial charge < -0.3 is 5.11 Å². The molecule has 0 spiro atoms. The van der Waals surface area contributed by atoms with Crippen molar-refractivity contribution in [1.29, 1.82) is 0 Å². The van der Waals surface area contributed by atoms with E-state index in [0.717, 1.165) is 17.5 Å². The van der Waals surface area contributed by atoms with E-state index in [-0.39, 0.29) is 10.8 Å². The average molecular weight is 232 g/mol. The third kappa shape index (κ3) is 1.58. The molecule has 1 aliphatic carbocycles. The highest BCUT2D eigenvalue weighted by Gasteiger charge is 2.51. The van der Waals surface area contributed by atoms with Gasteiger partial charge in [0.05, 0.1) is 0 Å². The molecule has 1 aromatic carbocycles. The van der Waals surface area contributed by atoms with E-state index in [2.05, 4.69) is 6.92 Å². The van der Waals surface area contributed by atoms with Gasteiger partial charge in [0.2, 0.25) is 0 Å². The predicted molar refractivity (Wildman–Crippen MR) is 68.2 cm³/mol. The van der Waals surface area contributed by atoms with Crippen molar-refractivity contribution in [2.24, 2.45) is 5.41 Å². The quantitative estimate of drug-likeness (QED) is 0.806. The summed E-state index contributed by atoms with van der Waals surface area (Å²) >= 11 is 0. The smallest absolute Gasteiger partial charge is 0.139 e. The van der Waals surface area contributed by atoms with Crippen molar-refractivity contribution in [2.45, 2.75) is 46.0 Å². The summed E-state index contributed by atoms with van der Waals surface area (Å²) in [5.74, 6) is 0.638. The fraction of sp³-hybridized carbons (Fsp3) is 0.533. The molecule has 1 aromatic rings. The van der Waals surface area contributed by atoms with Crippen molar-refractivity contribution in [3.8, 4) is 5.75 Å². The second kappa shape index (κ2) is 3.59. The summed E-state index contributed by atoms with van der Waals surface area (Å²) in [5.41, 5.74) is 1.42. The van der Waals surface area contributed by atoms with Gasteiger partial charge in [-0.25, -0.2) is 0 Å². The van der Waals surface area contributed by atoms with E-state index in [4.69, 9.17) is 0 Å². The minimum absolute atomic E-state index is 0.171. The fourth-order valence-electron chi connectivity index (χ4n) is 2.75. The molecular weight excluding hydrogens is 212 g/mol. The Morgan fingerprint density at radius 1 is 1.24 bits per heavy atom. The molecule has 0 unspecified atom stereocenters. The summed E-state index contributed by atoms with van der Waals surface area (Å²) in [5, 5.41) is 9.83. The van der Waals surface area contributed by atoms with Crippen molar-refractivity contribution < 1.29 is 9.90 Å². The Hall–Kier alpha value is -1.31. The van der Waals surface area contributed by atoms with Crippen LogP contribution in [0.5, 0.6) is 5.75 Å². The van der Waals surface area contributed by atoms with Crippen LogP contribution in [0, 0.1) is 12.3 Å². The summed E-state index contributed by atoms with van der Waals surface area (Å²) in [4.78, 5) is 12.0. The number of benzene rings is 1. The summed E-state index contributed by atoms with van der Waals surface area (Å²) < 4.78 is 0. The summed E-state index contributed by atoms with van der Waals surface area (Å²) in [6, 6.07) is 5.78. The van der Waals surface area contributed by atoms with Crippen LogP contribution in [-0.2, 0) is 10.2 Å². The van der Waals surface area contributed by atoms with Crippen LogP contribution in [-0.4, -0.2) is 10.9 Å². The highest BCUT2D eigenvalue weighted by atomic mass is 16.3. The van der Waals surface area contributed by atoms with Gasteiger partial charge in [0.15, 0.2) is 0 Å². The van der Waals surface area contributed by atoms with E-state index < -0.39 is 0 Å². The van der Waals surface area contributed by atoms with Crippen LogP contribution in [0.2, 0.25) is 0 Å². The van der Waals surface area contributed by atoms with Crippen molar-refractivity contribution in [3.63, 3.8) is 0 Å². The van der Waals surface area contributed by atoms with Crippen molar-refractivity contribution >= 4 is 5.78 Å². The van der Waals surface area contributed by atoms with Crippen LogP contribution < -0.4 is 0 Å². The first kappa shape index (κ1) is 12.2. The Kier molecular flexibility index (Phi) is 2.57. The molecule has 0 bridgehead atoms. The second-order valence-corrected chi connectivity index (χ2v) is 5.88. The van der Waals surface area contributed by atoms with Gasteiger partial charge >= 0.3 is 0 Å². The number of ketones is 1. The lowest BCUT2D eigenvalue weighted by Gasteiger charge is -2.37. The second-order valence-electron chi connectivity index (χ2n) is 5.88. The van der Waals surface area contributed by atoms with Crippen LogP contribution in [0.3, 0.4) is 0 Å². The SMILES string of the molecule is Cc1ccc([C@@]2(C)CCC(=O)C2(C)C)cc1O. The average Bonchev–Trinajstić information content (AvgIpc) is 2.47. The molecule has 0 radical (unpaired) electrons. The molecule has 1 atom stereocenters. The first-order chi connectivity index (χ1) is 7.79. The molecule has 1 N–H and O–H groups in total. The standard InChI is InChI=1S/C15H20O2/c1-10-5-6-11(9-12(10)16)15(4)8-7-13(17)14(15,2)3/h5-6,9,16H,7-8H2,1-4H3/t15-/m1/s1. The third-order valence-electron chi connectivity index (χ3n) is 4.77. The maximum atomic E-state index is 12.0. The van der Waals surface area contributed by atoms with E-state index in [1.54, 1.807) is 0 Å². The van der Waals surface area contributed by atoms with Crippen molar-refractivity contribution in [1.82, 2.24) is 0 Å². The van der Waals surface area contributed by atoms with Gasteiger partial charge in [0, 0.05) is 17.3 Å². The van der Waals surface area contributed by atoms with Crippen LogP contribution in [0.15, 0.2) is 18.2 Å². The van der Waals surface area contributed by atoms with E-state index in [0.29, 0.717) is 18.0 Å². The molecule has 0 saturated heterocycles. The molecule has 2 heteroatoms. The third-order valence-corrected chi connectivity index (χ3v) is 4.77. The molecule has 0 aliphatic heterocycles. The van der Waals surface area contributed by atoms with Crippen molar-refractivity contribution in [2.75, 3.05) is 0 Å². The monoisotopic (exact) mass is 232 g/mol. The van der Waals surface area contributed by atoms with E-state index in [1.807, 2.05) is 39.0 Å². The van der Waals surface area contributed by atoms with Gasteiger partial charge in [-0.1, -0.05) is 32.9 Å². The number of phenols is 1. The Bertz CT molecular complexity index is 474. The minimum Gasteiger partial charge on any atom is -0.508 e. The first-order valence-electron chi connectivity index (χ1n) is 6.12. The number of rotatable bonds is 1. The zero-order chi connectivity index (χ0) is 12.8. The minimum atomic E-state index is -0.352. The molecule has 1 fully saturated rings. The lowest BCUT2D eigenvalue weighted by atomic mass is 9.65. The molecule has 0 aromatic heterocycles. The van der Waals surface area contributed by atoms with Gasteiger partial charge in [-0.15, -0.1) is 0 Å². The van der Waals surface area contributed by atoms with Gasteiger partial charge in [-0.3, -0.25) is 4.79 Å². The molecule has 92 valence electrons. The molecule has 1 saturated carbocycles. The van der Waals surface area contributed by atoms with Crippen molar-refractivity contribution in [3.05, 3.63) is 29.3 Å². The normalized spacial score (nSPS) is 27.4. The molecule has 2 rings (SSSR count). The Morgan fingerprint density at radius 2 is 1.88 bits per heavy atom. The van der Waals surface area contributed by atoms with Gasteiger partial charge in [-0.05, 0) is 30.5 Å². The number of Topliss-reactive ketones (excluding diaryl/α,β-unsaturated/α-hetero) is 1. The Morgan fingerprint density at radius 3 is 2.35 bits per heavy atom. The lowest BCUT2D eigenvalue weighted by Crippen LogP contribution is -2.38. The summed E-state index contributed by atoms with van der Waals surface area (Å²) in [6.45, 7) is 8.03.